The van der Waals surface area contributed by atoms with Gasteiger partial charge in [-0.3, -0.25) is 4.84 Å². The second-order valence-corrected chi connectivity index (χ2v) is 2.77. The largest absolute Gasteiger partial charge is 0.354 e. The van der Waals surface area contributed by atoms with Gasteiger partial charge in [-0.05, 0) is 12.8 Å². The van der Waals surface area contributed by atoms with Crippen molar-refractivity contribution in [2.45, 2.75) is 45.8 Å². The highest BCUT2D eigenvalue weighted by molar-refractivity contribution is 4.40. The van der Waals surface area contributed by atoms with Gasteiger partial charge in [-0.25, -0.2) is 0 Å². The lowest BCUT2D eigenvalue weighted by Crippen LogP contribution is -2.21. The number of hydrogen-bond donors (Lipinski definition) is 0. The summed E-state index contributed by atoms with van der Waals surface area (Å²) >= 11 is 0. The van der Waals surface area contributed by atoms with E-state index in [2.05, 4.69) is 19.3 Å². The van der Waals surface area contributed by atoms with Gasteiger partial charge in [0.25, 0.3) is 0 Å². The van der Waals surface area contributed by atoms with Crippen molar-refractivity contribution in [1.82, 2.24) is 5.48 Å². The molecular weight excluding hydrogens is 154 g/mol. The first kappa shape index (κ1) is 11.9. The molecule has 73 valence electrons. The van der Waals surface area contributed by atoms with Crippen LogP contribution in [0.3, 0.4) is 0 Å². The van der Waals surface area contributed by atoms with Crippen LogP contribution in [0.2, 0.25) is 0 Å². The number of ether oxygens (including phenoxy) is 1. The van der Waals surface area contributed by atoms with Crippen LogP contribution in [0.4, 0.5) is 0 Å². The van der Waals surface area contributed by atoms with Crippen LogP contribution in [-0.4, -0.2) is 19.9 Å². The Hall–Kier alpha value is -0.120. The molecule has 0 aliphatic carbocycles. The molecule has 1 radical (unpaired) electrons. The van der Waals surface area contributed by atoms with E-state index < -0.39 is 0 Å². The molecule has 1 atom stereocenters. The number of nitrogens with zero attached hydrogens (tertiary/aromatic N) is 1. The van der Waals surface area contributed by atoms with Crippen molar-refractivity contribution in [2.24, 2.45) is 0 Å². The third-order valence-electron chi connectivity index (χ3n) is 1.58. The molecule has 0 amide bonds. The minimum Gasteiger partial charge on any atom is -0.354 e. The molecular formula is C9H20NO2. The van der Waals surface area contributed by atoms with Gasteiger partial charge in [0.05, 0.1) is 0 Å². The molecule has 1 unspecified atom stereocenters. The van der Waals surface area contributed by atoms with Crippen LogP contribution in [0.1, 0.15) is 39.5 Å². The monoisotopic (exact) mass is 174 g/mol. The molecule has 0 aromatic heterocycles. The van der Waals surface area contributed by atoms with Gasteiger partial charge in [0.1, 0.15) is 0 Å². The number of unbranched alkanes of at least 4 members (excludes halogenated alkanes) is 1. The molecule has 0 saturated heterocycles. The van der Waals surface area contributed by atoms with Gasteiger partial charge in [0, 0.05) is 13.7 Å². The van der Waals surface area contributed by atoms with E-state index in [1.807, 2.05) is 0 Å². The maximum atomic E-state index is 5.14. The van der Waals surface area contributed by atoms with Crippen molar-refractivity contribution >= 4 is 0 Å². The lowest BCUT2D eigenvalue weighted by Gasteiger charge is -2.13. The van der Waals surface area contributed by atoms with Crippen LogP contribution in [0.15, 0.2) is 0 Å². The van der Waals surface area contributed by atoms with Crippen molar-refractivity contribution < 1.29 is 9.57 Å². The van der Waals surface area contributed by atoms with Gasteiger partial charge in [-0.2, -0.15) is 0 Å². The van der Waals surface area contributed by atoms with Crippen LogP contribution in [0.5, 0.6) is 0 Å². The zero-order valence-corrected chi connectivity index (χ0v) is 8.38. The molecule has 0 aromatic rings. The normalized spacial score (nSPS) is 13.2. The molecule has 0 rings (SSSR count). The van der Waals surface area contributed by atoms with Crippen molar-refractivity contribution in [2.75, 3.05) is 13.7 Å². The van der Waals surface area contributed by atoms with E-state index in [-0.39, 0.29) is 6.29 Å². The third kappa shape index (κ3) is 6.58. The lowest BCUT2D eigenvalue weighted by molar-refractivity contribution is -0.172. The molecule has 0 aliphatic rings. The molecule has 3 heteroatoms. The molecule has 0 saturated carbocycles. The van der Waals surface area contributed by atoms with Gasteiger partial charge >= 0.3 is 0 Å². The van der Waals surface area contributed by atoms with Gasteiger partial charge in [0.2, 0.25) is 0 Å². The zero-order valence-electron chi connectivity index (χ0n) is 8.38. The first-order valence-corrected chi connectivity index (χ1v) is 4.70. The summed E-state index contributed by atoms with van der Waals surface area (Å²) < 4.78 is 5.05. The van der Waals surface area contributed by atoms with E-state index in [1.54, 1.807) is 7.11 Å². The molecule has 0 aromatic carbocycles. The Morgan fingerprint density at radius 2 is 2.00 bits per heavy atom. The van der Waals surface area contributed by atoms with Crippen molar-refractivity contribution in [3.05, 3.63) is 0 Å². The Bertz CT molecular complexity index is 88.6. The van der Waals surface area contributed by atoms with Crippen molar-refractivity contribution in [3.63, 3.8) is 0 Å². The molecule has 0 fully saturated rings. The molecule has 0 N–H and O–H groups in total. The first-order valence-electron chi connectivity index (χ1n) is 4.70. The maximum absolute atomic E-state index is 5.14. The Kier molecular flexibility index (Phi) is 8.88. The fraction of sp³-hybridized carbons (Fsp3) is 1.00. The second kappa shape index (κ2) is 8.97. The number of rotatable bonds is 8. The van der Waals surface area contributed by atoms with Crippen LogP contribution < -0.4 is 5.48 Å². The molecule has 0 bridgehead atoms. The molecule has 0 heterocycles. The average Bonchev–Trinajstić information content (AvgIpc) is 2.10. The van der Waals surface area contributed by atoms with E-state index in [0.717, 1.165) is 32.2 Å². The number of hydroxylamine groups is 1. The maximum Gasteiger partial charge on any atom is 0.178 e. The quantitative estimate of drug-likeness (QED) is 0.320. The highest BCUT2D eigenvalue weighted by Crippen LogP contribution is 2.01. The van der Waals surface area contributed by atoms with Gasteiger partial charge in [-0.1, -0.05) is 32.2 Å². The minimum atomic E-state index is -0.146. The lowest BCUT2D eigenvalue weighted by atomic mass is 10.3. The molecule has 0 aliphatic heterocycles. The van der Waals surface area contributed by atoms with E-state index >= 15 is 0 Å². The van der Waals surface area contributed by atoms with Crippen molar-refractivity contribution in [1.29, 1.82) is 0 Å². The molecule has 3 nitrogen and oxygen atoms in total. The summed E-state index contributed by atoms with van der Waals surface area (Å²) in [6.07, 6.45) is 4.06. The standard InChI is InChI=1S/C9H20NO2/c1-4-6-8-10-12-9(11-3)7-5-2/h9H,4-8H2,1-3H3. The van der Waals surface area contributed by atoms with Crippen LogP contribution in [-0.2, 0) is 9.57 Å². The van der Waals surface area contributed by atoms with Crippen LogP contribution in [0, 0.1) is 0 Å². The SMILES string of the molecule is CCCC[N]OC(CCC)OC. The summed E-state index contributed by atoms with van der Waals surface area (Å²) in [5.41, 5.74) is 3.93. The fourth-order valence-corrected chi connectivity index (χ4v) is 0.808. The Morgan fingerprint density at radius 3 is 2.50 bits per heavy atom. The van der Waals surface area contributed by atoms with E-state index in [4.69, 9.17) is 9.57 Å². The van der Waals surface area contributed by atoms with Crippen molar-refractivity contribution in [3.8, 4) is 0 Å². The Balaban J connectivity index is 3.19. The predicted octanol–water partition coefficient (Wildman–Crippen LogP) is 2.10. The smallest absolute Gasteiger partial charge is 0.178 e. The van der Waals surface area contributed by atoms with E-state index in [0.29, 0.717) is 0 Å². The van der Waals surface area contributed by atoms with Gasteiger partial charge < -0.3 is 4.74 Å². The fourth-order valence-electron chi connectivity index (χ4n) is 0.808. The Labute approximate surface area is 75.4 Å². The minimum absolute atomic E-state index is 0.146. The Morgan fingerprint density at radius 1 is 1.25 bits per heavy atom. The summed E-state index contributed by atoms with van der Waals surface area (Å²) in [5.74, 6) is 0. The molecule has 0 spiro atoms. The predicted molar refractivity (Wildman–Crippen MR) is 48.7 cm³/mol. The summed E-state index contributed by atoms with van der Waals surface area (Å²) in [7, 11) is 1.65. The third-order valence-corrected chi connectivity index (χ3v) is 1.58. The number of hydrogen-bond acceptors (Lipinski definition) is 2. The average molecular weight is 174 g/mol. The topological polar surface area (TPSA) is 32.6 Å². The second-order valence-electron chi connectivity index (χ2n) is 2.77. The van der Waals surface area contributed by atoms with Gasteiger partial charge in [0.15, 0.2) is 6.29 Å². The van der Waals surface area contributed by atoms with E-state index in [1.165, 1.54) is 0 Å². The van der Waals surface area contributed by atoms with Gasteiger partial charge in [-0.15, -0.1) is 0 Å². The highest BCUT2D eigenvalue weighted by Gasteiger charge is 2.05. The summed E-state index contributed by atoms with van der Waals surface area (Å²) in [4.78, 5) is 5.14. The first-order chi connectivity index (χ1) is 5.85. The summed E-state index contributed by atoms with van der Waals surface area (Å²) in [6, 6.07) is 0. The summed E-state index contributed by atoms with van der Waals surface area (Å²) in [5, 5.41) is 0. The summed E-state index contributed by atoms with van der Waals surface area (Å²) in [6.45, 7) is 5.01. The number of methoxy groups -OCH3 is 1. The highest BCUT2D eigenvalue weighted by atomic mass is 16.8. The zero-order chi connectivity index (χ0) is 9.23. The van der Waals surface area contributed by atoms with Crippen LogP contribution >= 0.6 is 0 Å². The molecule has 12 heavy (non-hydrogen) atoms. The van der Waals surface area contributed by atoms with Crippen LogP contribution in [0.25, 0.3) is 0 Å². The van der Waals surface area contributed by atoms with E-state index in [9.17, 15) is 0 Å².